The lowest BCUT2D eigenvalue weighted by Crippen LogP contribution is -2.59. The molecule has 1 fully saturated rings. The highest BCUT2D eigenvalue weighted by atomic mass is 35.5. The third-order valence-corrected chi connectivity index (χ3v) is 4.71. The number of benzene rings is 1. The van der Waals surface area contributed by atoms with Gasteiger partial charge in [-0.3, -0.25) is 4.90 Å². The molecule has 1 N–H and O–H groups in total. The number of hydrogen-bond acceptors (Lipinski definition) is 2. The Kier molecular flexibility index (Phi) is 5.70. The van der Waals surface area contributed by atoms with E-state index in [1.165, 1.54) is 18.4 Å². The van der Waals surface area contributed by atoms with Crippen molar-refractivity contribution in [2.45, 2.75) is 59.2 Å². The molecule has 0 spiro atoms. The Morgan fingerprint density at radius 1 is 1.33 bits per heavy atom. The Morgan fingerprint density at radius 3 is 2.71 bits per heavy atom. The number of halogens is 1. The normalized spacial score (nSPS) is 24.2. The van der Waals surface area contributed by atoms with Gasteiger partial charge < -0.3 is 5.32 Å². The van der Waals surface area contributed by atoms with Crippen LogP contribution in [0.3, 0.4) is 0 Å². The molecule has 2 unspecified atom stereocenters. The number of nitrogens with zero attached hydrogens (tertiary/aromatic N) is 1. The van der Waals surface area contributed by atoms with Crippen LogP contribution in [0.5, 0.6) is 0 Å². The van der Waals surface area contributed by atoms with E-state index in [4.69, 9.17) is 11.6 Å². The highest BCUT2D eigenvalue weighted by molar-refractivity contribution is 6.30. The van der Waals surface area contributed by atoms with Crippen molar-refractivity contribution in [1.82, 2.24) is 10.2 Å². The van der Waals surface area contributed by atoms with Crippen molar-refractivity contribution in [2.75, 3.05) is 13.1 Å². The Bertz CT molecular complexity index is 453. The van der Waals surface area contributed by atoms with Crippen molar-refractivity contribution >= 4 is 11.6 Å². The van der Waals surface area contributed by atoms with E-state index in [2.05, 4.69) is 56.1 Å². The first-order valence-electron chi connectivity index (χ1n) is 8.12. The first kappa shape index (κ1) is 16.8. The third kappa shape index (κ3) is 4.70. The van der Waals surface area contributed by atoms with Gasteiger partial charge in [0.25, 0.3) is 0 Å². The average Bonchev–Trinajstić information content (AvgIpc) is 2.40. The van der Waals surface area contributed by atoms with Crippen molar-refractivity contribution in [3.63, 3.8) is 0 Å². The SMILES string of the molecule is CCCC1CNC(C(C)(C)C)CN1Cc1cccc(Cl)c1. The predicted molar refractivity (Wildman–Crippen MR) is 91.8 cm³/mol. The van der Waals surface area contributed by atoms with Gasteiger partial charge in [0.2, 0.25) is 0 Å². The molecular weight excluding hydrogens is 280 g/mol. The summed E-state index contributed by atoms with van der Waals surface area (Å²) in [6.45, 7) is 12.4. The molecule has 0 saturated carbocycles. The summed E-state index contributed by atoms with van der Waals surface area (Å²) < 4.78 is 0. The van der Waals surface area contributed by atoms with Gasteiger partial charge in [-0.25, -0.2) is 0 Å². The molecule has 1 aliphatic heterocycles. The summed E-state index contributed by atoms with van der Waals surface area (Å²) in [4.78, 5) is 2.64. The molecule has 1 aromatic rings. The molecule has 2 atom stereocenters. The zero-order valence-electron chi connectivity index (χ0n) is 13.8. The molecule has 1 heterocycles. The van der Waals surface area contributed by atoms with Gasteiger partial charge in [-0.2, -0.15) is 0 Å². The van der Waals surface area contributed by atoms with E-state index in [0.717, 1.165) is 24.7 Å². The Morgan fingerprint density at radius 2 is 2.10 bits per heavy atom. The van der Waals surface area contributed by atoms with Crippen molar-refractivity contribution in [2.24, 2.45) is 5.41 Å². The molecule has 0 aromatic heterocycles. The summed E-state index contributed by atoms with van der Waals surface area (Å²) in [6.07, 6.45) is 2.49. The largest absolute Gasteiger partial charge is 0.311 e. The summed E-state index contributed by atoms with van der Waals surface area (Å²) in [6, 6.07) is 9.46. The maximum Gasteiger partial charge on any atom is 0.0409 e. The molecule has 118 valence electrons. The van der Waals surface area contributed by atoms with Crippen LogP contribution < -0.4 is 5.32 Å². The first-order chi connectivity index (χ1) is 9.90. The minimum atomic E-state index is 0.295. The minimum Gasteiger partial charge on any atom is -0.311 e. The van der Waals surface area contributed by atoms with Gasteiger partial charge in [0.05, 0.1) is 0 Å². The smallest absolute Gasteiger partial charge is 0.0409 e. The van der Waals surface area contributed by atoms with Gasteiger partial charge in [-0.15, -0.1) is 0 Å². The second-order valence-corrected chi connectivity index (χ2v) is 7.77. The Labute approximate surface area is 134 Å². The van der Waals surface area contributed by atoms with Crippen LogP contribution in [-0.2, 0) is 6.54 Å². The quantitative estimate of drug-likeness (QED) is 0.890. The van der Waals surface area contributed by atoms with Crippen LogP contribution >= 0.6 is 11.6 Å². The molecule has 1 aromatic carbocycles. The van der Waals surface area contributed by atoms with E-state index >= 15 is 0 Å². The first-order valence-corrected chi connectivity index (χ1v) is 8.50. The molecule has 0 radical (unpaired) electrons. The van der Waals surface area contributed by atoms with Crippen LogP contribution in [0.15, 0.2) is 24.3 Å². The maximum atomic E-state index is 6.13. The minimum absolute atomic E-state index is 0.295. The Balaban J connectivity index is 2.10. The van der Waals surface area contributed by atoms with Crippen LogP contribution in [0.4, 0.5) is 0 Å². The molecule has 0 amide bonds. The van der Waals surface area contributed by atoms with E-state index in [1.807, 2.05) is 6.07 Å². The molecular formula is C18H29ClN2. The van der Waals surface area contributed by atoms with Gasteiger partial charge in [0.1, 0.15) is 0 Å². The zero-order valence-corrected chi connectivity index (χ0v) is 14.6. The van der Waals surface area contributed by atoms with Crippen LogP contribution in [-0.4, -0.2) is 30.1 Å². The van der Waals surface area contributed by atoms with Crippen LogP contribution in [0.25, 0.3) is 0 Å². The molecule has 0 aliphatic carbocycles. The van der Waals surface area contributed by atoms with Gasteiger partial charge in [-0.1, -0.05) is 57.8 Å². The molecule has 2 rings (SSSR count). The van der Waals surface area contributed by atoms with E-state index < -0.39 is 0 Å². The monoisotopic (exact) mass is 308 g/mol. The van der Waals surface area contributed by atoms with E-state index in [1.54, 1.807) is 0 Å². The fourth-order valence-electron chi connectivity index (χ4n) is 3.12. The fourth-order valence-corrected chi connectivity index (χ4v) is 3.33. The van der Waals surface area contributed by atoms with Crippen LogP contribution in [0.1, 0.15) is 46.1 Å². The Hall–Kier alpha value is -0.570. The summed E-state index contributed by atoms with van der Waals surface area (Å²) in [5.74, 6) is 0. The lowest BCUT2D eigenvalue weighted by molar-refractivity contribution is 0.0748. The molecule has 2 nitrogen and oxygen atoms in total. The van der Waals surface area contributed by atoms with Crippen LogP contribution in [0.2, 0.25) is 5.02 Å². The second kappa shape index (κ2) is 7.13. The van der Waals surface area contributed by atoms with Crippen LogP contribution in [0, 0.1) is 5.41 Å². The zero-order chi connectivity index (χ0) is 15.5. The van der Waals surface area contributed by atoms with Crippen molar-refractivity contribution in [1.29, 1.82) is 0 Å². The van der Waals surface area contributed by atoms with Crippen molar-refractivity contribution < 1.29 is 0 Å². The number of rotatable bonds is 4. The summed E-state index contributed by atoms with van der Waals surface area (Å²) in [5, 5.41) is 4.59. The van der Waals surface area contributed by atoms with E-state index in [-0.39, 0.29) is 0 Å². The second-order valence-electron chi connectivity index (χ2n) is 7.33. The topological polar surface area (TPSA) is 15.3 Å². The van der Waals surface area contributed by atoms with Gasteiger partial charge in [0.15, 0.2) is 0 Å². The molecule has 3 heteroatoms. The molecule has 1 saturated heterocycles. The number of piperazine rings is 1. The lowest BCUT2D eigenvalue weighted by Gasteiger charge is -2.45. The lowest BCUT2D eigenvalue weighted by atomic mass is 9.84. The van der Waals surface area contributed by atoms with Gasteiger partial charge >= 0.3 is 0 Å². The van der Waals surface area contributed by atoms with Gasteiger partial charge in [-0.05, 0) is 29.5 Å². The van der Waals surface area contributed by atoms with E-state index in [9.17, 15) is 0 Å². The molecule has 21 heavy (non-hydrogen) atoms. The average molecular weight is 309 g/mol. The standard InChI is InChI=1S/C18H29ClN2/c1-5-7-16-11-20-17(18(2,3)4)13-21(16)12-14-8-6-9-15(19)10-14/h6,8-10,16-17,20H,5,7,11-13H2,1-4H3. The molecule has 1 aliphatic rings. The molecule has 0 bridgehead atoms. The van der Waals surface area contributed by atoms with Gasteiger partial charge in [0, 0.05) is 36.7 Å². The van der Waals surface area contributed by atoms with E-state index in [0.29, 0.717) is 17.5 Å². The van der Waals surface area contributed by atoms with Crippen molar-refractivity contribution in [3.8, 4) is 0 Å². The summed E-state index contributed by atoms with van der Waals surface area (Å²) in [5.41, 5.74) is 1.61. The van der Waals surface area contributed by atoms with Crippen molar-refractivity contribution in [3.05, 3.63) is 34.9 Å². The predicted octanol–water partition coefficient (Wildman–Crippen LogP) is 4.33. The number of nitrogens with one attached hydrogen (secondary N) is 1. The fraction of sp³-hybridized carbons (Fsp3) is 0.667. The maximum absolute atomic E-state index is 6.13. The third-order valence-electron chi connectivity index (χ3n) is 4.48. The summed E-state index contributed by atoms with van der Waals surface area (Å²) in [7, 11) is 0. The highest BCUT2D eigenvalue weighted by Crippen LogP contribution is 2.26. The summed E-state index contributed by atoms with van der Waals surface area (Å²) >= 11 is 6.13. The highest BCUT2D eigenvalue weighted by Gasteiger charge is 2.33. The number of hydrogen-bond donors (Lipinski definition) is 1.